The number of carbonyl (C=O) groups excluding carboxylic acids is 1. The molecule has 0 saturated heterocycles. The first-order valence-corrected chi connectivity index (χ1v) is 16.0. The number of sulfonamides is 1. The van der Waals surface area contributed by atoms with Gasteiger partial charge in [0.1, 0.15) is 22.5 Å². The minimum atomic E-state index is -3.80. The Bertz CT molecular complexity index is 1990. The zero-order valence-corrected chi connectivity index (χ0v) is 24.6. The first kappa shape index (κ1) is 28.0. The third kappa shape index (κ3) is 5.40. The summed E-state index contributed by atoms with van der Waals surface area (Å²) < 4.78 is 28.7. The van der Waals surface area contributed by atoms with Crippen molar-refractivity contribution >= 4 is 71.7 Å². The summed E-state index contributed by atoms with van der Waals surface area (Å²) in [4.78, 5) is 45.0. The van der Waals surface area contributed by atoms with Crippen LogP contribution in [0.3, 0.4) is 0 Å². The molecule has 2 amide bonds. The summed E-state index contributed by atoms with van der Waals surface area (Å²) in [6.07, 6.45) is 4.11. The van der Waals surface area contributed by atoms with Gasteiger partial charge in [-0.2, -0.15) is 0 Å². The topological polar surface area (TPSA) is 161 Å². The maximum atomic E-state index is 14.0. The standard InChI is InChI=1S/C27H25ClN8O4S2/c1-15(32-23-22-25(30-13-29-23)41-14-31-22)24-34-20-11-5-10-19(28)21(20)26(37)36(24)17-7-4-6-16(12-17)33-27(38)35-42(39,40)18-8-2-3-9-18/h4-7,10-15,18H,2-3,8-9H2,1H3,(H,29,30,32)(H2,33,35,38). The summed E-state index contributed by atoms with van der Waals surface area (Å²) in [7, 11) is -3.80. The Morgan fingerprint density at radius 2 is 1.90 bits per heavy atom. The average molecular weight is 625 g/mol. The third-order valence-electron chi connectivity index (χ3n) is 7.09. The minimum Gasteiger partial charge on any atom is -0.358 e. The molecule has 2 aromatic carbocycles. The summed E-state index contributed by atoms with van der Waals surface area (Å²) in [6.45, 7) is 1.83. The number of urea groups is 1. The van der Waals surface area contributed by atoms with E-state index in [9.17, 15) is 18.0 Å². The predicted octanol–water partition coefficient (Wildman–Crippen LogP) is 5.01. The van der Waals surface area contributed by atoms with Crippen LogP contribution in [-0.4, -0.2) is 44.2 Å². The van der Waals surface area contributed by atoms with Crippen molar-refractivity contribution < 1.29 is 13.2 Å². The van der Waals surface area contributed by atoms with Crippen LogP contribution in [-0.2, 0) is 10.0 Å². The van der Waals surface area contributed by atoms with Crippen molar-refractivity contribution in [1.82, 2.24) is 29.2 Å². The van der Waals surface area contributed by atoms with Crippen LogP contribution in [0.15, 0.2) is 59.1 Å². The summed E-state index contributed by atoms with van der Waals surface area (Å²) in [5, 5.41) is 5.77. The molecule has 12 nitrogen and oxygen atoms in total. The highest BCUT2D eigenvalue weighted by atomic mass is 35.5. The molecule has 15 heteroatoms. The van der Waals surface area contributed by atoms with Crippen molar-refractivity contribution in [3.8, 4) is 5.69 Å². The van der Waals surface area contributed by atoms with Gasteiger partial charge in [-0.05, 0) is 50.1 Å². The normalized spacial score (nSPS) is 14.7. The molecular formula is C27H25ClN8O4S2. The number of hydrogen-bond acceptors (Lipinski definition) is 10. The Balaban J connectivity index is 1.38. The van der Waals surface area contributed by atoms with Crippen LogP contribution in [0.4, 0.5) is 16.3 Å². The van der Waals surface area contributed by atoms with Crippen molar-refractivity contribution in [2.75, 3.05) is 10.6 Å². The van der Waals surface area contributed by atoms with E-state index in [1.165, 1.54) is 22.2 Å². The highest BCUT2D eigenvalue weighted by Crippen LogP contribution is 2.28. The lowest BCUT2D eigenvalue weighted by Gasteiger charge is -2.21. The number of nitrogens with zero attached hydrogens (tertiary/aromatic N) is 5. The van der Waals surface area contributed by atoms with E-state index in [0.29, 0.717) is 46.0 Å². The van der Waals surface area contributed by atoms with Crippen LogP contribution >= 0.6 is 22.9 Å². The monoisotopic (exact) mass is 624 g/mol. The van der Waals surface area contributed by atoms with E-state index in [2.05, 4.69) is 30.3 Å². The molecule has 0 bridgehead atoms. The van der Waals surface area contributed by atoms with Crippen LogP contribution in [0.5, 0.6) is 0 Å². The fourth-order valence-corrected chi connectivity index (χ4v) is 7.41. The second kappa shape index (κ2) is 11.3. The maximum Gasteiger partial charge on any atom is 0.332 e. The van der Waals surface area contributed by atoms with Gasteiger partial charge in [-0.1, -0.05) is 36.6 Å². The number of anilines is 2. The summed E-state index contributed by atoms with van der Waals surface area (Å²) in [5.41, 5.74) is 2.94. The van der Waals surface area contributed by atoms with Gasteiger partial charge in [0, 0.05) is 5.69 Å². The molecule has 1 atom stereocenters. The number of halogens is 1. The average Bonchev–Trinajstić information content (AvgIpc) is 3.66. The number of hydrogen-bond donors (Lipinski definition) is 3. The van der Waals surface area contributed by atoms with E-state index in [1.807, 2.05) is 6.92 Å². The van der Waals surface area contributed by atoms with Gasteiger partial charge < -0.3 is 10.6 Å². The molecule has 0 aliphatic heterocycles. The third-order valence-corrected chi connectivity index (χ3v) is 9.95. The van der Waals surface area contributed by atoms with Crippen LogP contribution in [0, 0.1) is 0 Å². The van der Waals surface area contributed by atoms with Crippen molar-refractivity contribution in [3.63, 3.8) is 0 Å². The number of aromatic nitrogens is 5. The second-order valence-electron chi connectivity index (χ2n) is 9.90. The van der Waals surface area contributed by atoms with E-state index in [-0.39, 0.29) is 16.1 Å². The van der Waals surface area contributed by atoms with Crippen LogP contribution < -0.4 is 20.9 Å². The summed E-state index contributed by atoms with van der Waals surface area (Å²) in [5.74, 6) is 0.832. The molecule has 3 heterocycles. The van der Waals surface area contributed by atoms with Gasteiger partial charge in [0.25, 0.3) is 5.56 Å². The van der Waals surface area contributed by atoms with Crippen molar-refractivity contribution in [3.05, 3.63) is 75.5 Å². The Labute approximate surface area is 249 Å². The molecule has 216 valence electrons. The number of amides is 2. The van der Waals surface area contributed by atoms with Gasteiger partial charge >= 0.3 is 6.03 Å². The predicted molar refractivity (Wildman–Crippen MR) is 163 cm³/mol. The SMILES string of the molecule is CC(Nc1ncnc2scnc12)c1nc2cccc(Cl)c2c(=O)n1-c1cccc(NC(=O)NS(=O)(=O)C2CCCC2)c1. The fourth-order valence-electron chi connectivity index (χ4n) is 5.11. The van der Waals surface area contributed by atoms with Crippen molar-refractivity contribution in [1.29, 1.82) is 0 Å². The Morgan fingerprint density at radius 3 is 2.71 bits per heavy atom. The minimum absolute atomic E-state index is 0.234. The highest BCUT2D eigenvalue weighted by molar-refractivity contribution is 7.90. The zero-order valence-electron chi connectivity index (χ0n) is 22.2. The van der Waals surface area contributed by atoms with Crippen LogP contribution in [0.2, 0.25) is 5.02 Å². The lowest BCUT2D eigenvalue weighted by molar-refractivity contribution is 0.256. The summed E-state index contributed by atoms with van der Waals surface area (Å²) >= 11 is 7.82. The number of carbonyl (C=O) groups is 1. The van der Waals surface area contributed by atoms with E-state index < -0.39 is 32.9 Å². The largest absolute Gasteiger partial charge is 0.358 e. The molecule has 42 heavy (non-hydrogen) atoms. The van der Waals surface area contributed by atoms with Crippen LogP contribution in [0.1, 0.15) is 44.5 Å². The zero-order chi connectivity index (χ0) is 29.4. The number of benzene rings is 2. The number of nitrogens with one attached hydrogen (secondary N) is 3. The van der Waals surface area contributed by atoms with Gasteiger partial charge in [-0.3, -0.25) is 9.36 Å². The molecule has 0 spiro atoms. The quantitative estimate of drug-likeness (QED) is 0.226. The van der Waals surface area contributed by atoms with Gasteiger partial charge in [0.05, 0.1) is 38.4 Å². The molecular weight excluding hydrogens is 600 g/mol. The van der Waals surface area contributed by atoms with Gasteiger partial charge in [-0.15, -0.1) is 11.3 Å². The van der Waals surface area contributed by atoms with Gasteiger partial charge in [-0.25, -0.2) is 37.9 Å². The molecule has 3 aromatic heterocycles. The Hall–Kier alpha value is -4.14. The van der Waals surface area contributed by atoms with Crippen LogP contribution in [0.25, 0.3) is 26.9 Å². The molecule has 6 rings (SSSR count). The lowest BCUT2D eigenvalue weighted by Crippen LogP contribution is -2.39. The number of fused-ring (bicyclic) bond motifs is 2. The van der Waals surface area contributed by atoms with Crippen molar-refractivity contribution in [2.45, 2.75) is 43.9 Å². The van der Waals surface area contributed by atoms with E-state index in [4.69, 9.17) is 16.6 Å². The van der Waals surface area contributed by atoms with Gasteiger partial charge in [0.2, 0.25) is 10.0 Å². The number of rotatable bonds is 7. The maximum absolute atomic E-state index is 14.0. The molecule has 1 unspecified atom stereocenters. The second-order valence-corrected chi connectivity index (χ2v) is 13.1. The fraction of sp³-hybridized carbons (Fsp3) is 0.259. The Kier molecular flexibility index (Phi) is 7.51. The lowest BCUT2D eigenvalue weighted by atomic mass is 10.2. The molecule has 3 N–H and O–H groups in total. The molecule has 1 aliphatic rings. The summed E-state index contributed by atoms with van der Waals surface area (Å²) in [6, 6.07) is 10.1. The Morgan fingerprint density at radius 1 is 1.12 bits per heavy atom. The van der Waals surface area contributed by atoms with E-state index >= 15 is 0 Å². The first-order valence-electron chi connectivity index (χ1n) is 13.2. The molecule has 1 fully saturated rings. The van der Waals surface area contributed by atoms with Crippen molar-refractivity contribution in [2.24, 2.45) is 0 Å². The first-order chi connectivity index (χ1) is 20.2. The van der Waals surface area contributed by atoms with E-state index in [1.54, 1.807) is 48.0 Å². The molecule has 0 radical (unpaired) electrons. The van der Waals surface area contributed by atoms with E-state index in [0.717, 1.165) is 12.8 Å². The molecule has 1 aliphatic carbocycles. The number of thiazole rings is 1. The molecule has 5 aromatic rings. The highest BCUT2D eigenvalue weighted by Gasteiger charge is 2.30. The smallest absolute Gasteiger partial charge is 0.332 e. The molecule has 1 saturated carbocycles. The van der Waals surface area contributed by atoms with Gasteiger partial charge in [0.15, 0.2) is 5.82 Å².